The Bertz CT molecular complexity index is 654. The number of aliphatic hydroxyl groups is 1. The van der Waals surface area contributed by atoms with E-state index in [0.29, 0.717) is 18.5 Å². The molecule has 0 aliphatic carbocycles. The first kappa shape index (κ1) is 21.3. The average molecular weight is 393 g/mol. The number of aromatic nitrogens is 2. The summed E-state index contributed by atoms with van der Waals surface area (Å²) in [6, 6.07) is 0.486. The molecule has 0 aromatic carbocycles. The minimum absolute atomic E-state index is 0.155. The molecule has 0 radical (unpaired) electrons. The third-order valence-electron chi connectivity index (χ3n) is 6.46. The van der Waals surface area contributed by atoms with E-state index in [9.17, 15) is 9.90 Å². The summed E-state index contributed by atoms with van der Waals surface area (Å²) in [6.45, 7) is 11.9. The van der Waals surface area contributed by atoms with E-state index in [0.717, 1.165) is 76.5 Å². The summed E-state index contributed by atoms with van der Waals surface area (Å²) in [5, 5.41) is 13.9. The maximum absolute atomic E-state index is 13.0. The van der Waals surface area contributed by atoms with Gasteiger partial charge >= 0.3 is 0 Å². The number of piperidine rings is 1. The number of rotatable bonds is 7. The Kier molecular flexibility index (Phi) is 7.48. The first-order valence-corrected chi connectivity index (χ1v) is 10.8. The molecular weight excluding hydrogens is 356 g/mol. The lowest BCUT2D eigenvalue weighted by Gasteiger charge is -2.45. The van der Waals surface area contributed by atoms with E-state index in [1.54, 1.807) is 0 Å². The van der Waals surface area contributed by atoms with Crippen LogP contribution in [-0.4, -0.2) is 82.6 Å². The zero-order chi connectivity index (χ0) is 20.1. The predicted molar refractivity (Wildman–Crippen MR) is 108 cm³/mol. The molecule has 7 heteroatoms. The van der Waals surface area contributed by atoms with Crippen LogP contribution >= 0.6 is 0 Å². The molecular formula is C21H36N4O3. The van der Waals surface area contributed by atoms with Gasteiger partial charge in [0.25, 0.3) is 0 Å². The van der Waals surface area contributed by atoms with Gasteiger partial charge < -0.3 is 14.7 Å². The molecule has 7 nitrogen and oxygen atoms in total. The maximum Gasteiger partial charge on any atom is 0.244 e. The second-order valence-corrected chi connectivity index (χ2v) is 8.13. The normalized spacial score (nSPS) is 23.9. The van der Waals surface area contributed by atoms with Gasteiger partial charge in [-0.05, 0) is 51.0 Å². The summed E-state index contributed by atoms with van der Waals surface area (Å²) < 4.78 is 7.38. The van der Waals surface area contributed by atoms with Gasteiger partial charge in [0.05, 0.1) is 18.9 Å². The molecule has 2 aliphatic heterocycles. The second kappa shape index (κ2) is 9.85. The smallest absolute Gasteiger partial charge is 0.244 e. The standard InChI is InChI=1S/C21H36N4O3/c1-4-19-16(2)22-25(17(19)3)15-21(27)24-8-7-20(18(14-24)6-5-11-26)23-9-12-28-13-10-23/h18,20,26H,4-15H2,1-3H3/t18-,20+/m1/s1. The molecule has 1 aromatic rings. The Morgan fingerprint density at radius 2 is 2.00 bits per heavy atom. The van der Waals surface area contributed by atoms with E-state index in [4.69, 9.17) is 4.74 Å². The molecule has 1 aromatic heterocycles. The largest absolute Gasteiger partial charge is 0.396 e. The number of hydrogen-bond donors (Lipinski definition) is 1. The zero-order valence-corrected chi connectivity index (χ0v) is 17.7. The summed E-state index contributed by atoms with van der Waals surface area (Å²) >= 11 is 0. The van der Waals surface area contributed by atoms with Crippen molar-refractivity contribution in [2.75, 3.05) is 46.0 Å². The molecule has 2 aliphatic rings. The van der Waals surface area contributed by atoms with Crippen LogP contribution in [0.2, 0.25) is 0 Å². The highest BCUT2D eigenvalue weighted by molar-refractivity contribution is 5.76. The molecule has 3 rings (SSSR count). The van der Waals surface area contributed by atoms with Gasteiger partial charge in [-0.2, -0.15) is 5.10 Å². The van der Waals surface area contributed by atoms with E-state index in [1.807, 2.05) is 16.5 Å². The molecule has 2 atom stereocenters. The number of aliphatic hydroxyl groups excluding tert-OH is 1. The van der Waals surface area contributed by atoms with Crippen LogP contribution in [0.3, 0.4) is 0 Å². The van der Waals surface area contributed by atoms with Crippen LogP contribution in [0.15, 0.2) is 0 Å². The van der Waals surface area contributed by atoms with Gasteiger partial charge in [-0.25, -0.2) is 0 Å². The van der Waals surface area contributed by atoms with Crippen molar-refractivity contribution >= 4 is 5.91 Å². The van der Waals surface area contributed by atoms with Crippen molar-refractivity contribution < 1.29 is 14.6 Å². The van der Waals surface area contributed by atoms with Gasteiger partial charge in [0.15, 0.2) is 0 Å². The Balaban J connectivity index is 1.65. The molecule has 1 amide bonds. The van der Waals surface area contributed by atoms with Crippen LogP contribution in [-0.2, 0) is 22.5 Å². The third kappa shape index (κ3) is 4.75. The maximum atomic E-state index is 13.0. The first-order chi connectivity index (χ1) is 13.5. The number of hydrogen-bond acceptors (Lipinski definition) is 5. The minimum Gasteiger partial charge on any atom is -0.396 e. The highest BCUT2D eigenvalue weighted by atomic mass is 16.5. The molecule has 158 valence electrons. The van der Waals surface area contributed by atoms with Gasteiger partial charge in [0, 0.05) is 44.5 Å². The molecule has 0 unspecified atom stereocenters. The SMILES string of the molecule is CCc1c(C)nn(CC(=O)N2CC[C@H](N3CCOCC3)[C@H](CCCO)C2)c1C. The number of carbonyl (C=O) groups excluding carboxylic acids is 1. The van der Waals surface area contributed by atoms with Crippen molar-refractivity contribution in [3.8, 4) is 0 Å². The number of likely N-dealkylation sites (tertiary alicyclic amines) is 1. The number of morpholine rings is 1. The summed E-state index contributed by atoms with van der Waals surface area (Å²) in [4.78, 5) is 17.6. The molecule has 0 saturated carbocycles. The molecule has 1 N–H and O–H groups in total. The Morgan fingerprint density at radius 1 is 1.25 bits per heavy atom. The molecule has 0 spiro atoms. The second-order valence-electron chi connectivity index (χ2n) is 8.13. The van der Waals surface area contributed by atoms with Crippen molar-refractivity contribution in [3.63, 3.8) is 0 Å². The lowest BCUT2D eigenvalue weighted by Crippen LogP contribution is -2.55. The highest BCUT2D eigenvalue weighted by Crippen LogP contribution is 2.27. The fraction of sp³-hybridized carbons (Fsp3) is 0.810. The van der Waals surface area contributed by atoms with Crippen LogP contribution < -0.4 is 0 Å². The third-order valence-corrected chi connectivity index (χ3v) is 6.46. The lowest BCUT2D eigenvalue weighted by atomic mass is 9.86. The molecule has 2 saturated heterocycles. The fourth-order valence-corrected chi connectivity index (χ4v) is 4.90. The summed E-state index contributed by atoms with van der Waals surface area (Å²) in [5.41, 5.74) is 3.38. The summed E-state index contributed by atoms with van der Waals surface area (Å²) in [5.74, 6) is 0.567. The fourth-order valence-electron chi connectivity index (χ4n) is 4.90. The van der Waals surface area contributed by atoms with E-state index < -0.39 is 0 Å². The first-order valence-electron chi connectivity index (χ1n) is 10.8. The monoisotopic (exact) mass is 392 g/mol. The van der Waals surface area contributed by atoms with Crippen molar-refractivity contribution in [3.05, 3.63) is 17.0 Å². The summed E-state index contributed by atoms with van der Waals surface area (Å²) in [6.07, 6.45) is 3.70. The van der Waals surface area contributed by atoms with Crippen LogP contribution in [0.5, 0.6) is 0 Å². The van der Waals surface area contributed by atoms with E-state index in [2.05, 4.69) is 23.8 Å². The van der Waals surface area contributed by atoms with Gasteiger partial charge in [-0.15, -0.1) is 0 Å². The number of aryl methyl sites for hydroxylation is 1. The van der Waals surface area contributed by atoms with Crippen molar-refractivity contribution in [1.29, 1.82) is 0 Å². The minimum atomic E-state index is 0.155. The van der Waals surface area contributed by atoms with Gasteiger partial charge in [-0.1, -0.05) is 6.92 Å². The quantitative estimate of drug-likeness (QED) is 0.759. The van der Waals surface area contributed by atoms with E-state index >= 15 is 0 Å². The van der Waals surface area contributed by atoms with Gasteiger partial charge in [-0.3, -0.25) is 14.4 Å². The number of amides is 1. The number of nitrogens with zero attached hydrogens (tertiary/aromatic N) is 4. The predicted octanol–water partition coefficient (Wildman–Crippen LogP) is 1.38. The van der Waals surface area contributed by atoms with E-state index in [-0.39, 0.29) is 12.5 Å². The zero-order valence-electron chi connectivity index (χ0n) is 17.7. The average Bonchev–Trinajstić information content (AvgIpc) is 2.99. The lowest BCUT2D eigenvalue weighted by molar-refractivity contribution is -0.135. The van der Waals surface area contributed by atoms with Crippen molar-refractivity contribution in [2.24, 2.45) is 5.92 Å². The van der Waals surface area contributed by atoms with Crippen molar-refractivity contribution in [1.82, 2.24) is 19.6 Å². The van der Waals surface area contributed by atoms with Gasteiger partial charge in [0.2, 0.25) is 5.91 Å². The molecule has 2 fully saturated rings. The summed E-state index contributed by atoms with van der Waals surface area (Å²) in [7, 11) is 0. The molecule has 28 heavy (non-hydrogen) atoms. The Labute approximate surface area is 168 Å². The van der Waals surface area contributed by atoms with Gasteiger partial charge in [0.1, 0.15) is 6.54 Å². The Hall–Kier alpha value is -1.44. The van der Waals surface area contributed by atoms with Crippen molar-refractivity contribution in [2.45, 2.75) is 59.0 Å². The Morgan fingerprint density at radius 3 is 2.64 bits per heavy atom. The molecule has 3 heterocycles. The molecule has 0 bridgehead atoms. The number of ether oxygens (including phenoxy) is 1. The van der Waals surface area contributed by atoms with Crippen LogP contribution in [0.25, 0.3) is 0 Å². The van der Waals surface area contributed by atoms with Crippen LogP contribution in [0, 0.1) is 19.8 Å². The van der Waals surface area contributed by atoms with Crippen LogP contribution in [0.4, 0.5) is 0 Å². The van der Waals surface area contributed by atoms with Crippen LogP contribution in [0.1, 0.15) is 43.1 Å². The number of carbonyl (C=O) groups is 1. The topological polar surface area (TPSA) is 70.8 Å². The highest BCUT2D eigenvalue weighted by Gasteiger charge is 2.35. The van der Waals surface area contributed by atoms with E-state index in [1.165, 1.54) is 5.56 Å².